The minimum atomic E-state index is -2.66. The van der Waals surface area contributed by atoms with E-state index in [9.17, 15) is 19.1 Å². The maximum atomic E-state index is 13.5. The van der Waals surface area contributed by atoms with Gasteiger partial charge in [0, 0.05) is 36.1 Å². The van der Waals surface area contributed by atoms with E-state index in [1.165, 1.54) is 6.07 Å². The minimum Gasteiger partial charge on any atom is -0.342 e. The largest absolute Gasteiger partial charge is 0.342 e. The molecule has 1 aliphatic carbocycles. The van der Waals surface area contributed by atoms with E-state index in [2.05, 4.69) is 24.3 Å². The van der Waals surface area contributed by atoms with Gasteiger partial charge in [0.1, 0.15) is 0 Å². The van der Waals surface area contributed by atoms with Gasteiger partial charge >= 0.3 is 0 Å². The first-order valence-electron chi connectivity index (χ1n) is 11.1. The van der Waals surface area contributed by atoms with Gasteiger partial charge in [-0.3, -0.25) is 9.59 Å². The Morgan fingerprint density at radius 2 is 1.90 bits per heavy atom. The highest BCUT2D eigenvalue weighted by Gasteiger charge is 2.42. The number of hydrogen-bond acceptors (Lipinski definition) is 4. The third-order valence-electron chi connectivity index (χ3n) is 7.10. The fraction of sp³-hybridized carbons (Fsp3) is 0.625. The molecule has 3 fully saturated rings. The molecule has 4 rings (SSSR count). The van der Waals surface area contributed by atoms with Crippen LogP contribution in [0.15, 0.2) is 22.6 Å². The van der Waals surface area contributed by atoms with Crippen LogP contribution >= 0.6 is 0 Å². The summed E-state index contributed by atoms with van der Waals surface area (Å²) in [6, 6.07) is 6.96. The molecule has 2 amide bonds. The van der Waals surface area contributed by atoms with Crippen molar-refractivity contribution in [1.29, 1.82) is 5.26 Å². The predicted molar refractivity (Wildman–Crippen MR) is 120 cm³/mol. The lowest BCUT2D eigenvalue weighted by molar-refractivity contribution is -0.138. The zero-order valence-electron chi connectivity index (χ0n) is 18.6. The monoisotopic (exact) mass is 441 g/mol. The predicted octanol–water partition coefficient (Wildman–Crippen LogP) is 3.78. The van der Waals surface area contributed by atoms with Gasteiger partial charge in [0.2, 0.25) is 5.91 Å². The summed E-state index contributed by atoms with van der Waals surface area (Å²) < 4.78 is 17.7. The van der Waals surface area contributed by atoms with E-state index < -0.39 is 15.6 Å². The van der Waals surface area contributed by atoms with Crippen molar-refractivity contribution >= 4 is 21.5 Å². The number of piperidine rings is 1. The molecule has 2 saturated heterocycles. The maximum Gasteiger partial charge on any atom is 0.285 e. The average molecular weight is 442 g/mol. The van der Waals surface area contributed by atoms with E-state index in [-0.39, 0.29) is 29.1 Å². The van der Waals surface area contributed by atoms with E-state index in [0.717, 1.165) is 31.2 Å². The fourth-order valence-electron chi connectivity index (χ4n) is 5.60. The Labute approximate surface area is 185 Å². The summed E-state index contributed by atoms with van der Waals surface area (Å²) in [5.74, 6) is 0.844. The van der Waals surface area contributed by atoms with Crippen molar-refractivity contribution < 1.29 is 13.8 Å². The topological polar surface area (TPSA) is 90.6 Å². The molecule has 3 atom stereocenters. The molecular formula is C24H31N3O3S. The summed E-state index contributed by atoms with van der Waals surface area (Å²) in [5.41, 5.74) is 1.77. The zero-order chi connectivity index (χ0) is 22.4. The van der Waals surface area contributed by atoms with Crippen molar-refractivity contribution in [1.82, 2.24) is 4.90 Å². The SMILES string of the molecule is Cc1ccc(C(=O)N=S2(=O)CC3CC(CN(C(=O)C4CCC(C)(C)C4)C3)C2)cc1C#N. The Hall–Kier alpha value is -2.20. The Morgan fingerprint density at radius 1 is 1.23 bits per heavy atom. The standard InChI is InChI=1S/C24H31N3O3S/c1-16-4-5-19(9-21(16)11-25)22(28)26-31(30)14-17-8-18(15-31)13-27(12-17)23(29)20-6-7-24(2,3)10-20/h4-5,9,17-18,20H,6-8,10,12-15H2,1-3H3. The Bertz CT molecular complexity index is 1060. The number of amides is 2. The van der Waals surface area contributed by atoms with E-state index in [0.29, 0.717) is 35.7 Å². The maximum absolute atomic E-state index is 13.5. The van der Waals surface area contributed by atoms with E-state index in [1.54, 1.807) is 12.1 Å². The zero-order valence-corrected chi connectivity index (χ0v) is 19.4. The number of aryl methyl sites for hydroxylation is 1. The van der Waals surface area contributed by atoms with Gasteiger partial charge < -0.3 is 4.90 Å². The molecule has 2 heterocycles. The van der Waals surface area contributed by atoms with E-state index >= 15 is 0 Å². The smallest absolute Gasteiger partial charge is 0.285 e. The molecule has 1 saturated carbocycles. The molecule has 3 unspecified atom stereocenters. The highest BCUT2D eigenvalue weighted by Crippen LogP contribution is 2.42. The molecule has 6 nitrogen and oxygen atoms in total. The van der Waals surface area contributed by atoms with Crippen molar-refractivity contribution in [3.05, 3.63) is 34.9 Å². The van der Waals surface area contributed by atoms with Gasteiger partial charge in [-0.1, -0.05) is 19.9 Å². The van der Waals surface area contributed by atoms with E-state index in [4.69, 9.17) is 0 Å². The normalized spacial score (nSPS) is 31.7. The molecule has 1 aromatic carbocycles. The molecule has 166 valence electrons. The van der Waals surface area contributed by atoms with Crippen molar-refractivity contribution in [2.75, 3.05) is 24.6 Å². The lowest BCUT2D eigenvalue weighted by Gasteiger charge is -2.43. The van der Waals surface area contributed by atoms with Crippen LogP contribution in [-0.2, 0) is 14.5 Å². The van der Waals surface area contributed by atoms with Gasteiger partial charge in [-0.2, -0.15) is 9.62 Å². The molecule has 2 aliphatic heterocycles. The highest BCUT2D eigenvalue weighted by atomic mass is 32.2. The molecule has 1 aromatic rings. The first-order valence-corrected chi connectivity index (χ1v) is 13.0. The Kier molecular flexibility index (Phi) is 5.72. The van der Waals surface area contributed by atoms with Crippen LogP contribution < -0.4 is 0 Å². The Balaban J connectivity index is 1.47. The number of fused-ring (bicyclic) bond motifs is 2. The highest BCUT2D eigenvalue weighted by molar-refractivity contribution is 7.94. The van der Waals surface area contributed by atoms with Crippen molar-refractivity contribution in [3.8, 4) is 6.07 Å². The van der Waals surface area contributed by atoms with Gasteiger partial charge in [0.15, 0.2) is 0 Å². The van der Waals surface area contributed by atoms with Gasteiger partial charge in [-0.15, -0.1) is 0 Å². The molecule has 31 heavy (non-hydrogen) atoms. The molecule has 7 heteroatoms. The third-order valence-corrected chi connectivity index (χ3v) is 9.58. The molecular weight excluding hydrogens is 410 g/mol. The first-order chi connectivity index (χ1) is 14.6. The molecule has 0 N–H and O–H groups in total. The van der Waals surface area contributed by atoms with E-state index in [1.807, 2.05) is 11.8 Å². The Morgan fingerprint density at radius 3 is 2.48 bits per heavy atom. The summed E-state index contributed by atoms with van der Waals surface area (Å²) in [6.45, 7) is 7.51. The second-order valence-corrected chi connectivity index (χ2v) is 12.9. The summed E-state index contributed by atoms with van der Waals surface area (Å²) >= 11 is 0. The second-order valence-electron chi connectivity index (χ2n) is 10.5. The lowest BCUT2D eigenvalue weighted by Crippen LogP contribution is -2.52. The molecule has 0 spiro atoms. The van der Waals surface area contributed by atoms with Crippen LogP contribution in [0.5, 0.6) is 0 Å². The number of carbonyl (C=O) groups excluding carboxylic acids is 2. The van der Waals surface area contributed by atoms with Crippen LogP contribution in [0.25, 0.3) is 0 Å². The molecule has 2 bridgehead atoms. The summed E-state index contributed by atoms with van der Waals surface area (Å²) in [7, 11) is -2.66. The average Bonchev–Trinajstić information content (AvgIpc) is 3.06. The van der Waals surface area contributed by atoms with Crippen LogP contribution in [0.1, 0.15) is 61.0 Å². The summed E-state index contributed by atoms with van der Waals surface area (Å²) in [4.78, 5) is 27.8. The van der Waals surface area contributed by atoms with Crippen LogP contribution in [0.4, 0.5) is 0 Å². The van der Waals surface area contributed by atoms with Crippen molar-refractivity contribution in [3.63, 3.8) is 0 Å². The number of rotatable bonds is 2. The van der Waals surface area contributed by atoms with Gasteiger partial charge in [0.05, 0.1) is 21.4 Å². The summed E-state index contributed by atoms with van der Waals surface area (Å²) in [5, 5.41) is 9.20. The number of hydrogen-bond donors (Lipinski definition) is 0. The van der Waals surface area contributed by atoms with Crippen LogP contribution in [0.3, 0.4) is 0 Å². The minimum absolute atomic E-state index is 0.111. The van der Waals surface area contributed by atoms with Crippen LogP contribution in [-0.4, -0.2) is 45.5 Å². The third kappa shape index (κ3) is 4.69. The number of benzene rings is 1. The quantitative estimate of drug-likeness (QED) is 0.698. The number of nitriles is 1. The molecule has 3 aliphatic rings. The van der Waals surface area contributed by atoms with Crippen molar-refractivity contribution in [2.24, 2.45) is 27.5 Å². The van der Waals surface area contributed by atoms with Crippen LogP contribution in [0.2, 0.25) is 0 Å². The van der Waals surface area contributed by atoms with Gasteiger partial charge in [0.25, 0.3) is 5.91 Å². The lowest BCUT2D eigenvalue weighted by atomic mass is 9.88. The van der Waals surface area contributed by atoms with Crippen LogP contribution in [0, 0.1) is 41.4 Å². The first kappa shape index (κ1) is 22.0. The fourth-order valence-corrected chi connectivity index (χ4v) is 8.25. The van der Waals surface area contributed by atoms with Gasteiger partial charge in [-0.05, 0) is 67.6 Å². The molecule has 0 aromatic heterocycles. The number of likely N-dealkylation sites (tertiary alicyclic amines) is 1. The second kappa shape index (κ2) is 8.05. The van der Waals surface area contributed by atoms with Gasteiger partial charge in [-0.25, -0.2) is 4.21 Å². The summed E-state index contributed by atoms with van der Waals surface area (Å²) in [6.07, 6.45) is 3.94. The number of nitrogens with zero attached hydrogens (tertiary/aromatic N) is 3. The van der Waals surface area contributed by atoms with Crippen molar-refractivity contribution in [2.45, 2.75) is 46.5 Å². The molecule has 0 radical (unpaired) electrons. The number of carbonyl (C=O) groups is 2.